The predicted octanol–water partition coefficient (Wildman–Crippen LogP) is 3.21. The molecule has 3 nitrogen and oxygen atoms in total. The molecule has 5 heteroatoms. The van der Waals surface area contributed by atoms with Gasteiger partial charge < -0.3 is 5.32 Å². The number of hydrogen-bond acceptors (Lipinski definition) is 2. The van der Waals surface area contributed by atoms with Gasteiger partial charge in [-0.15, -0.1) is 0 Å². The average molecular weight is 286 g/mol. The fourth-order valence-electron chi connectivity index (χ4n) is 1.84. The van der Waals surface area contributed by atoms with E-state index in [4.69, 9.17) is 5.26 Å². The van der Waals surface area contributed by atoms with Crippen molar-refractivity contribution in [3.05, 3.63) is 65.2 Å². The summed E-state index contributed by atoms with van der Waals surface area (Å²) >= 11 is 0. The van der Waals surface area contributed by atoms with E-state index in [-0.39, 0.29) is 12.0 Å². The third kappa shape index (κ3) is 4.11. The molecular formula is C16H12F2N2O. The highest BCUT2D eigenvalue weighted by atomic mass is 19.1. The van der Waals surface area contributed by atoms with Crippen LogP contribution in [0.25, 0.3) is 0 Å². The van der Waals surface area contributed by atoms with Gasteiger partial charge in [0.15, 0.2) is 0 Å². The molecule has 0 fully saturated rings. The lowest BCUT2D eigenvalue weighted by molar-refractivity contribution is -0.115. The summed E-state index contributed by atoms with van der Waals surface area (Å²) in [5.41, 5.74) is 1.54. The Morgan fingerprint density at radius 1 is 1.14 bits per heavy atom. The zero-order chi connectivity index (χ0) is 15.2. The van der Waals surface area contributed by atoms with Crippen LogP contribution >= 0.6 is 0 Å². The maximum Gasteiger partial charge on any atom is 0.228 e. The summed E-state index contributed by atoms with van der Waals surface area (Å²) in [6.07, 6.45) is 0.126. The molecule has 1 N–H and O–H groups in total. The zero-order valence-electron chi connectivity index (χ0n) is 11.1. The average Bonchev–Trinajstić information content (AvgIpc) is 2.44. The number of carbonyl (C=O) groups is 1. The number of rotatable bonds is 4. The number of benzene rings is 2. The van der Waals surface area contributed by atoms with Crippen LogP contribution in [0.1, 0.15) is 11.1 Å². The summed E-state index contributed by atoms with van der Waals surface area (Å²) in [5.74, 6) is -1.81. The molecule has 0 atom stereocenters. The third-order valence-corrected chi connectivity index (χ3v) is 2.89. The van der Waals surface area contributed by atoms with Crippen molar-refractivity contribution in [2.45, 2.75) is 12.8 Å². The maximum atomic E-state index is 13.4. The van der Waals surface area contributed by atoms with Crippen LogP contribution in [0.5, 0.6) is 0 Å². The molecule has 0 aliphatic heterocycles. The summed E-state index contributed by atoms with van der Waals surface area (Å²) in [5, 5.41) is 11.2. The Morgan fingerprint density at radius 2 is 1.86 bits per heavy atom. The van der Waals surface area contributed by atoms with Gasteiger partial charge in [0.1, 0.15) is 11.6 Å². The third-order valence-electron chi connectivity index (χ3n) is 2.89. The van der Waals surface area contributed by atoms with Crippen LogP contribution in [0.2, 0.25) is 0 Å². The molecule has 0 radical (unpaired) electrons. The molecule has 0 spiro atoms. The molecule has 0 heterocycles. The highest BCUT2D eigenvalue weighted by Gasteiger charge is 2.09. The van der Waals surface area contributed by atoms with Gasteiger partial charge in [-0.3, -0.25) is 4.79 Å². The zero-order valence-corrected chi connectivity index (χ0v) is 11.1. The van der Waals surface area contributed by atoms with Gasteiger partial charge in [-0.25, -0.2) is 8.78 Å². The van der Waals surface area contributed by atoms with Gasteiger partial charge in [-0.1, -0.05) is 18.2 Å². The minimum atomic E-state index is -0.741. The number of nitrogens with one attached hydrogen (secondary N) is 1. The SMILES string of the molecule is N#CCc1ccc(NC(=O)Cc2ccc(F)cc2F)cc1. The van der Waals surface area contributed by atoms with Crippen molar-refractivity contribution in [1.29, 1.82) is 5.26 Å². The molecular weight excluding hydrogens is 274 g/mol. The van der Waals surface area contributed by atoms with Crippen molar-refractivity contribution in [2.75, 3.05) is 5.32 Å². The second-order valence-corrected chi connectivity index (χ2v) is 4.49. The minimum absolute atomic E-state index is 0.134. The van der Waals surface area contributed by atoms with E-state index in [0.717, 1.165) is 17.7 Å². The van der Waals surface area contributed by atoms with Crippen molar-refractivity contribution < 1.29 is 13.6 Å². The first-order valence-electron chi connectivity index (χ1n) is 6.28. The van der Waals surface area contributed by atoms with Crippen LogP contribution in [0.3, 0.4) is 0 Å². The fourth-order valence-corrected chi connectivity index (χ4v) is 1.84. The van der Waals surface area contributed by atoms with Crippen molar-refractivity contribution in [2.24, 2.45) is 0 Å². The van der Waals surface area contributed by atoms with Crippen LogP contribution in [0.4, 0.5) is 14.5 Å². The van der Waals surface area contributed by atoms with Gasteiger partial charge in [0.05, 0.1) is 18.9 Å². The maximum absolute atomic E-state index is 13.4. The van der Waals surface area contributed by atoms with E-state index in [1.165, 1.54) is 6.07 Å². The monoisotopic (exact) mass is 286 g/mol. The Hall–Kier alpha value is -2.74. The molecule has 2 aromatic carbocycles. The molecule has 0 saturated carbocycles. The van der Waals surface area contributed by atoms with E-state index in [0.29, 0.717) is 12.1 Å². The highest BCUT2D eigenvalue weighted by Crippen LogP contribution is 2.13. The van der Waals surface area contributed by atoms with Gasteiger partial charge >= 0.3 is 0 Å². The van der Waals surface area contributed by atoms with E-state index in [1.807, 2.05) is 6.07 Å². The van der Waals surface area contributed by atoms with E-state index >= 15 is 0 Å². The van der Waals surface area contributed by atoms with E-state index in [9.17, 15) is 13.6 Å². The molecule has 0 bridgehead atoms. The van der Waals surface area contributed by atoms with E-state index in [1.54, 1.807) is 24.3 Å². The molecule has 0 saturated heterocycles. The van der Waals surface area contributed by atoms with Crippen molar-refractivity contribution in [1.82, 2.24) is 0 Å². The second-order valence-electron chi connectivity index (χ2n) is 4.49. The Balaban J connectivity index is 1.99. The Kier molecular flexibility index (Phi) is 4.62. The normalized spacial score (nSPS) is 9.95. The molecule has 2 aromatic rings. The molecule has 1 amide bonds. The first kappa shape index (κ1) is 14.7. The van der Waals surface area contributed by atoms with Crippen LogP contribution in [-0.4, -0.2) is 5.91 Å². The molecule has 0 aliphatic rings. The van der Waals surface area contributed by atoms with Crippen LogP contribution < -0.4 is 5.32 Å². The van der Waals surface area contributed by atoms with Crippen molar-refractivity contribution >= 4 is 11.6 Å². The standard InChI is InChI=1S/C16H12F2N2O/c17-13-4-3-12(15(18)10-13)9-16(21)20-14-5-1-11(2-6-14)7-8-19/h1-6,10H,7,9H2,(H,20,21). The highest BCUT2D eigenvalue weighted by molar-refractivity contribution is 5.92. The molecule has 0 aliphatic carbocycles. The van der Waals surface area contributed by atoms with Gasteiger partial charge in [-0.05, 0) is 29.3 Å². The van der Waals surface area contributed by atoms with Gasteiger partial charge in [-0.2, -0.15) is 5.26 Å². The first-order chi connectivity index (χ1) is 10.1. The Labute approximate surface area is 120 Å². The molecule has 106 valence electrons. The summed E-state index contributed by atoms with van der Waals surface area (Å²) in [6, 6.07) is 12.0. The van der Waals surface area contributed by atoms with Gasteiger partial charge in [0.2, 0.25) is 5.91 Å². The van der Waals surface area contributed by atoms with Crippen LogP contribution in [0, 0.1) is 23.0 Å². The number of nitrogens with zero attached hydrogens (tertiary/aromatic N) is 1. The smallest absolute Gasteiger partial charge is 0.228 e. The van der Waals surface area contributed by atoms with Crippen molar-refractivity contribution in [3.8, 4) is 6.07 Å². The van der Waals surface area contributed by atoms with Crippen LogP contribution in [0.15, 0.2) is 42.5 Å². The summed E-state index contributed by atoms with van der Waals surface area (Å²) < 4.78 is 26.2. The van der Waals surface area contributed by atoms with Gasteiger partial charge in [0, 0.05) is 11.8 Å². The number of hydrogen-bond donors (Lipinski definition) is 1. The summed E-state index contributed by atoms with van der Waals surface area (Å²) in [7, 11) is 0. The lowest BCUT2D eigenvalue weighted by Crippen LogP contribution is -2.15. The molecule has 2 rings (SSSR count). The molecule has 21 heavy (non-hydrogen) atoms. The minimum Gasteiger partial charge on any atom is -0.326 e. The van der Waals surface area contributed by atoms with E-state index < -0.39 is 17.5 Å². The summed E-state index contributed by atoms with van der Waals surface area (Å²) in [6.45, 7) is 0. The fraction of sp³-hybridized carbons (Fsp3) is 0.125. The predicted molar refractivity (Wildman–Crippen MR) is 74.5 cm³/mol. The largest absolute Gasteiger partial charge is 0.326 e. The molecule has 0 unspecified atom stereocenters. The quantitative estimate of drug-likeness (QED) is 0.938. The number of halogens is 2. The number of amides is 1. The number of anilines is 1. The van der Waals surface area contributed by atoms with Crippen molar-refractivity contribution in [3.63, 3.8) is 0 Å². The topological polar surface area (TPSA) is 52.9 Å². The lowest BCUT2D eigenvalue weighted by atomic mass is 10.1. The van der Waals surface area contributed by atoms with Crippen LogP contribution in [-0.2, 0) is 17.6 Å². The first-order valence-corrected chi connectivity index (χ1v) is 6.28. The van der Waals surface area contributed by atoms with Gasteiger partial charge in [0.25, 0.3) is 0 Å². The second kappa shape index (κ2) is 6.62. The Bertz CT molecular complexity index is 690. The summed E-state index contributed by atoms with van der Waals surface area (Å²) in [4.78, 5) is 11.8. The lowest BCUT2D eigenvalue weighted by Gasteiger charge is -2.06. The Morgan fingerprint density at radius 3 is 2.48 bits per heavy atom. The molecule has 0 aromatic heterocycles. The number of nitriles is 1. The number of carbonyl (C=O) groups excluding carboxylic acids is 1. The van der Waals surface area contributed by atoms with E-state index in [2.05, 4.69) is 5.32 Å².